The van der Waals surface area contributed by atoms with E-state index in [1.165, 1.54) is 71.4 Å². The lowest BCUT2D eigenvalue weighted by molar-refractivity contribution is -0.0704. The lowest BCUT2D eigenvalue weighted by Crippen LogP contribution is -2.61. The van der Waals surface area contributed by atoms with Crippen LogP contribution in [-0.4, -0.2) is 87.7 Å². The highest BCUT2D eigenvalue weighted by Crippen LogP contribution is 2.50. The summed E-state index contributed by atoms with van der Waals surface area (Å²) in [5.74, 6) is 0.980. The molecule has 1 N–H and O–H groups in total. The zero-order chi connectivity index (χ0) is 22.1. The predicted octanol–water partition coefficient (Wildman–Crippen LogP) is 4.41. The van der Waals surface area contributed by atoms with E-state index in [4.69, 9.17) is 0 Å². The summed E-state index contributed by atoms with van der Waals surface area (Å²) in [4.78, 5) is 7.76. The molecular weight excluding hydrogens is 356 g/mol. The van der Waals surface area contributed by atoms with Crippen LogP contribution in [0.2, 0.25) is 0 Å². The van der Waals surface area contributed by atoms with Gasteiger partial charge in [-0.15, -0.1) is 0 Å². The van der Waals surface area contributed by atoms with Crippen molar-refractivity contribution in [2.75, 3.05) is 67.0 Å². The molecule has 3 rings (SSSR count). The van der Waals surface area contributed by atoms with Crippen molar-refractivity contribution in [2.45, 2.75) is 79.7 Å². The second kappa shape index (κ2) is 12.6. The summed E-state index contributed by atoms with van der Waals surface area (Å²) in [5, 5.41) is 2.93. The van der Waals surface area contributed by atoms with Crippen LogP contribution < -0.4 is 5.32 Å². The summed E-state index contributed by atoms with van der Waals surface area (Å²) in [6, 6.07) is 0.682. The fourth-order valence-electron chi connectivity index (χ4n) is 5.18. The van der Waals surface area contributed by atoms with Crippen molar-refractivity contribution in [3.63, 3.8) is 0 Å². The Labute approximate surface area is 183 Å². The van der Waals surface area contributed by atoms with Gasteiger partial charge in [0, 0.05) is 25.7 Å². The van der Waals surface area contributed by atoms with Gasteiger partial charge in [-0.25, -0.2) is 0 Å². The van der Waals surface area contributed by atoms with Crippen LogP contribution in [0.5, 0.6) is 0 Å². The molecule has 1 saturated carbocycles. The lowest BCUT2D eigenvalue weighted by Gasteiger charge is -2.56. The highest BCUT2D eigenvalue weighted by molar-refractivity contribution is 5.00. The Morgan fingerprint density at radius 3 is 2.07 bits per heavy atom. The van der Waals surface area contributed by atoms with Gasteiger partial charge in [0.05, 0.1) is 0 Å². The zero-order valence-corrected chi connectivity index (χ0v) is 21.5. The Balaban J connectivity index is 0.000000627. The molecule has 4 heteroatoms. The van der Waals surface area contributed by atoms with Crippen molar-refractivity contribution in [1.29, 1.82) is 0 Å². The first kappa shape index (κ1) is 26.9. The van der Waals surface area contributed by atoms with Crippen LogP contribution in [0.1, 0.15) is 73.6 Å². The Kier molecular flexibility index (Phi) is 11.7. The molecule has 2 saturated heterocycles. The lowest BCUT2D eigenvalue weighted by atomic mass is 9.60. The predicted molar refractivity (Wildman–Crippen MR) is 130 cm³/mol. The third-order valence-electron chi connectivity index (χ3n) is 7.55. The number of nitrogens with zero attached hydrogens (tertiary/aromatic N) is 3. The minimum absolute atomic E-state index is 0.629. The Morgan fingerprint density at radius 1 is 1.10 bits per heavy atom. The molecule has 3 aliphatic rings. The first-order valence-corrected chi connectivity index (χ1v) is 12.5. The highest BCUT2D eigenvalue weighted by atomic mass is 15.2. The van der Waals surface area contributed by atoms with Gasteiger partial charge in [-0.05, 0) is 110 Å². The van der Waals surface area contributed by atoms with E-state index in [0.29, 0.717) is 16.9 Å². The third kappa shape index (κ3) is 8.47. The summed E-state index contributed by atoms with van der Waals surface area (Å²) in [6.45, 7) is 22.3. The second-order valence-corrected chi connectivity index (χ2v) is 10.6. The molecule has 1 aliphatic carbocycles. The second-order valence-electron chi connectivity index (χ2n) is 10.6. The molecule has 2 aliphatic heterocycles. The smallest absolute Gasteiger partial charge is 0.00516 e. The van der Waals surface area contributed by atoms with Crippen LogP contribution in [-0.2, 0) is 0 Å². The molecule has 0 aromatic rings. The first-order chi connectivity index (χ1) is 13.7. The van der Waals surface area contributed by atoms with E-state index in [-0.39, 0.29) is 0 Å². The van der Waals surface area contributed by atoms with Crippen LogP contribution in [0.4, 0.5) is 0 Å². The summed E-state index contributed by atoms with van der Waals surface area (Å²) in [7, 11) is 6.47. The fraction of sp³-hybridized carbons (Fsp3) is 1.00. The average molecular weight is 411 g/mol. The molecule has 3 fully saturated rings. The van der Waals surface area contributed by atoms with Gasteiger partial charge in [-0.1, -0.05) is 27.7 Å². The summed E-state index contributed by atoms with van der Waals surface area (Å²) >= 11 is 0. The van der Waals surface area contributed by atoms with Crippen LogP contribution in [0, 0.1) is 16.7 Å². The summed E-state index contributed by atoms with van der Waals surface area (Å²) in [6.07, 6.45) is 7.18. The van der Waals surface area contributed by atoms with E-state index < -0.39 is 0 Å². The first-order valence-electron chi connectivity index (χ1n) is 12.5. The molecule has 0 aromatic carbocycles. The summed E-state index contributed by atoms with van der Waals surface area (Å²) < 4.78 is 0. The van der Waals surface area contributed by atoms with Gasteiger partial charge >= 0.3 is 0 Å². The quantitative estimate of drug-likeness (QED) is 0.671. The maximum Gasteiger partial charge on any atom is 0.00516 e. The van der Waals surface area contributed by atoms with Gasteiger partial charge < -0.3 is 20.0 Å². The van der Waals surface area contributed by atoms with Gasteiger partial charge in [-0.2, -0.15) is 0 Å². The maximum absolute atomic E-state index is 2.93. The molecule has 0 unspecified atom stereocenters. The van der Waals surface area contributed by atoms with E-state index in [0.717, 1.165) is 12.5 Å². The van der Waals surface area contributed by atoms with Gasteiger partial charge in [0.2, 0.25) is 0 Å². The Bertz CT molecular complexity index is 413. The normalized spacial score (nSPS) is 28.9. The van der Waals surface area contributed by atoms with Crippen molar-refractivity contribution in [3.8, 4) is 0 Å². The SMILES string of the molecule is CC.CC(C)N(C)CCC1(C)CC(CN2CC3(CCN(C)CC3)C2)C1.CCNC. The topological polar surface area (TPSA) is 21.8 Å². The summed E-state index contributed by atoms with van der Waals surface area (Å²) in [5.41, 5.74) is 1.34. The number of nitrogens with one attached hydrogen (secondary N) is 1. The average Bonchev–Trinajstić information content (AvgIpc) is 2.67. The molecule has 174 valence electrons. The van der Waals surface area contributed by atoms with Gasteiger partial charge in [0.25, 0.3) is 0 Å². The standard InChI is InChI=1S/C20H39N3.C3H9N.C2H6/c1-17(2)22(5)11-6-19(3)12-18(13-19)14-23-15-20(16-23)7-9-21(4)10-8-20;1-3-4-2;1-2/h17-18H,6-16H2,1-5H3;4H,3H2,1-2H3;1-2H3. The largest absolute Gasteiger partial charge is 0.320 e. The Hall–Kier alpha value is -0.160. The van der Waals surface area contributed by atoms with E-state index in [1.54, 1.807) is 0 Å². The number of hydrogen-bond donors (Lipinski definition) is 1. The molecule has 0 bridgehead atoms. The molecular formula is C25H54N4. The van der Waals surface area contributed by atoms with E-state index >= 15 is 0 Å². The highest BCUT2D eigenvalue weighted by Gasteiger charge is 2.47. The number of hydrogen-bond acceptors (Lipinski definition) is 4. The van der Waals surface area contributed by atoms with Crippen molar-refractivity contribution < 1.29 is 0 Å². The fourth-order valence-corrected chi connectivity index (χ4v) is 5.18. The van der Waals surface area contributed by atoms with Crippen molar-refractivity contribution in [1.82, 2.24) is 20.0 Å². The van der Waals surface area contributed by atoms with Crippen molar-refractivity contribution in [3.05, 3.63) is 0 Å². The molecule has 0 atom stereocenters. The molecule has 0 amide bonds. The zero-order valence-electron chi connectivity index (χ0n) is 21.5. The van der Waals surface area contributed by atoms with E-state index in [1.807, 2.05) is 20.9 Å². The number of piperidine rings is 1. The van der Waals surface area contributed by atoms with Crippen molar-refractivity contribution >= 4 is 0 Å². The minimum atomic E-state index is 0.629. The number of likely N-dealkylation sites (tertiary alicyclic amines) is 2. The third-order valence-corrected chi connectivity index (χ3v) is 7.55. The van der Waals surface area contributed by atoms with Crippen LogP contribution in [0.25, 0.3) is 0 Å². The molecule has 2 heterocycles. The maximum atomic E-state index is 2.93. The van der Waals surface area contributed by atoms with Crippen molar-refractivity contribution in [2.24, 2.45) is 16.7 Å². The van der Waals surface area contributed by atoms with Gasteiger partial charge in [-0.3, -0.25) is 0 Å². The molecule has 1 spiro atoms. The van der Waals surface area contributed by atoms with Crippen LogP contribution in [0.15, 0.2) is 0 Å². The number of rotatable bonds is 7. The minimum Gasteiger partial charge on any atom is -0.320 e. The monoisotopic (exact) mass is 410 g/mol. The van der Waals surface area contributed by atoms with Crippen LogP contribution >= 0.6 is 0 Å². The van der Waals surface area contributed by atoms with Gasteiger partial charge in [0.15, 0.2) is 0 Å². The molecule has 4 nitrogen and oxygen atoms in total. The van der Waals surface area contributed by atoms with E-state index in [2.05, 4.69) is 61.8 Å². The molecule has 29 heavy (non-hydrogen) atoms. The molecule has 0 aromatic heterocycles. The van der Waals surface area contributed by atoms with Gasteiger partial charge in [0.1, 0.15) is 0 Å². The Morgan fingerprint density at radius 2 is 1.62 bits per heavy atom. The molecule has 0 radical (unpaired) electrons. The van der Waals surface area contributed by atoms with E-state index in [9.17, 15) is 0 Å². The van der Waals surface area contributed by atoms with Crippen LogP contribution in [0.3, 0.4) is 0 Å².